The smallest absolute Gasteiger partial charge is 0.287 e. The van der Waals surface area contributed by atoms with Crippen LogP contribution in [0.4, 0.5) is 0 Å². The van der Waals surface area contributed by atoms with Gasteiger partial charge in [0.2, 0.25) is 0 Å². The summed E-state index contributed by atoms with van der Waals surface area (Å²) in [5, 5.41) is 3.42. The minimum atomic E-state index is -0.344. The fraction of sp³-hybridized carbons (Fsp3) is 0.375. The third-order valence-electron chi connectivity index (χ3n) is 4.14. The molecule has 21 heavy (non-hydrogen) atoms. The average Bonchev–Trinajstić information content (AvgIpc) is 2.94. The topological polar surface area (TPSA) is 85.3 Å². The van der Waals surface area contributed by atoms with Crippen molar-refractivity contribution in [2.24, 2.45) is 11.7 Å². The number of hydrogen-bond donors (Lipinski definition) is 2. The van der Waals surface area contributed by atoms with Crippen LogP contribution in [0.3, 0.4) is 0 Å². The number of nitrogens with two attached hydrogens (primary N) is 1. The Hall–Kier alpha value is -2.14. The van der Waals surface area contributed by atoms with Crippen LogP contribution in [-0.2, 0) is 0 Å². The first-order valence-corrected chi connectivity index (χ1v) is 7.23. The van der Waals surface area contributed by atoms with Gasteiger partial charge in [0.25, 0.3) is 5.91 Å². The van der Waals surface area contributed by atoms with Crippen LogP contribution in [0.15, 0.2) is 39.5 Å². The van der Waals surface area contributed by atoms with Crippen molar-refractivity contribution in [3.63, 3.8) is 0 Å². The first kappa shape index (κ1) is 13.8. The van der Waals surface area contributed by atoms with Crippen LogP contribution in [-0.4, -0.2) is 18.5 Å². The lowest BCUT2D eigenvalue weighted by Crippen LogP contribution is -2.40. The molecule has 1 fully saturated rings. The van der Waals surface area contributed by atoms with Crippen LogP contribution in [0.1, 0.15) is 29.8 Å². The maximum absolute atomic E-state index is 12.3. The molecule has 2 aromatic rings. The maximum atomic E-state index is 12.3. The van der Waals surface area contributed by atoms with Gasteiger partial charge in [0.1, 0.15) is 5.58 Å². The summed E-state index contributed by atoms with van der Waals surface area (Å²) in [6, 6.07) is 8.23. The summed E-state index contributed by atoms with van der Waals surface area (Å²) in [5.41, 5.74) is 5.94. The van der Waals surface area contributed by atoms with E-state index >= 15 is 0 Å². The minimum absolute atomic E-state index is 0.0568. The van der Waals surface area contributed by atoms with Crippen molar-refractivity contribution in [2.75, 3.05) is 6.54 Å². The van der Waals surface area contributed by atoms with Gasteiger partial charge in [-0.1, -0.05) is 18.6 Å². The van der Waals surface area contributed by atoms with Crippen molar-refractivity contribution in [1.82, 2.24) is 5.32 Å². The summed E-state index contributed by atoms with van der Waals surface area (Å²) in [6.07, 6.45) is 3.02. The molecule has 3 N–H and O–H groups in total. The number of nitrogens with one attached hydrogen (secondary N) is 1. The van der Waals surface area contributed by atoms with Crippen LogP contribution in [0.5, 0.6) is 0 Å². The Bertz CT molecular complexity index is 723. The lowest BCUT2D eigenvalue weighted by atomic mass is 10.0. The molecule has 5 heteroatoms. The Labute approximate surface area is 122 Å². The van der Waals surface area contributed by atoms with Gasteiger partial charge < -0.3 is 15.5 Å². The Balaban J connectivity index is 1.86. The number of para-hydroxylation sites is 1. The standard InChI is InChI=1S/C16H18N2O3/c17-9-10-4-3-6-12(10)18-16(20)15-8-13(19)11-5-1-2-7-14(11)21-15/h1-2,5,7-8,10,12H,3-4,6,9,17H2,(H,18,20). The highest BCUT2D eigenvalue weighted by Crippen LogP contribution is 2.25. The normalized spacial score (nSPS) is 21.6. The molecule has 0 bridgehead atoms. The molecule has 0 radical (unpaired) electrons. The Morgan fingerprint density at radius 1 is 1.33 bits per heavy atom. The van der Waals surface area contributed by atoms with Crippen molar-refractivity contribution in [2.45, 2.75) is 25.3 Å². The quantitative estimate of drug-likeness (QED) is 0.898. The van der Waals surface area contributed by atoms with Crippen LogP contribution in [0.2, 0.25) is 0 Å². The van der Waals surface area contributed by atoms with E-state index in [4.69, 9.17) is 10.2 Å². The van der Waals surface area contributed by atoms with E-state index in [0.717, 1.165) is 19.3 Å². The molecular weight excluding hydrogens is 268 g/mol. The Kier molecular flexibility index (Phi) is 3.75. The molecule has 2 unspecified atom stereocenters. The van der Waals surface area contributed by atoms with Gasteiger partial charge >= 0.3 is 0 Å². The summed E-state index contributed by atoms with van der Waals surface area (Å²) >= 11 is 0. The first-order chi connectivity index (χ1) is 10.2. The molecule has 1 heterocycles. The lowest BCUT2D eigenvalue weighted by molar-refractivity contribution is 0.0901. The van der Waals surface area contributed by atoms with E-state index in [1.165, 1.54) is 6.07 Å². The monoisotopic (exact) mass is 286 g/mol. The second-order valence-electron chi connectivity index (χ2n) is 5.48. The van der Waals surface area contributed by atoms with E-state index in [0.29, 0.717) is 23.4 Å². The van der Waals surface area contributed by atoms with Gasteiger partial charge in [-0.15, -0.1) is 0 Å². The summed E-state index contributed by atoms with van der Waals surface area (Å²) in [5.74, 6) is 0.0192. The van der Waals surface area contributed by atoms with E-state index in [2.05, 4.69) is 5.32 Å². The minimum Gasteiger partial charge on any atom is -0.451 e. The number of benzene rings is 1. The van der Waals surface area contributed by atoms with Gasteiger partial charge in [0.05, 0.1) is 5.39 Å². The average molecular weight is 286 g/mol. The second-order valence-corrected chi connectivity index (χ2v) is 5.48. The van der Waals surface area contributed by atoms with Gasteiger partial charge in [-0.3, -0.25) is 9.59 Å². The highest BCUT2D eigenvalue weighted by molar-refractivity contribution is 5.93. The third kappa shape index (κ3) is 2.69. The highest BCUT2D eigenvalue weighted by atomic mass is 16.3. The number of rotatable bonds is 3. The molecule has 0 spiro atoms. The molecule has 0 saturated heterocycles. The molecule has 1 aromatic heterocycles. The van der Waals surface area contributed by atoms with E-state index in [9.17, 15) is 9.59 Å². The summed E-state index contributed by atoms with van der Waals surface area (Å²) in [4.78, 5) is 24.3. The second kappa shape index (κ2) is 5.69. The fourth-order valence-corrected chi connectivity index (χ4v) is 2.96. The lowest BCUT2D eigenvalue weighted by Gasteiger charge is -2.19. The number of carbonyl (C=O) groups is 1. The molecule has 1 amide bonds. The van der Waals surface area contributed by atoms with Crippen molar-refractivity contribution >= 4 is 16.9 Å². The summed E-state index contributed by atoms with van der Waals surface area (Å²) < 4.78 is 5.54. The predicted molar refractivity (Wildman–Crippen MR) is 80.1 cm³/mol. The van der Waals surface area contributed by atoms with E-state index in [1.807, 2.05) is 0 Å². The largest absolute Gasteiger partial charge is 0.451 e. The van der Waals surface area contributed by atoms with Gasteiger partial charge in [-0.05, 0) is 37.4 Å². The van der Waals surface area contributed by atoms with E-state index in [1.54, 1.807) is 24.3 Å². The van der Waals surface area contributed by atoms with Crippen LogP contribution >= 0.6 is 0 Å². The molecule has 1 aromatic carbocycles. The molecule has 1 aliphatic carbocycles. The molecule has 3 rings (SSSR count). The highest BCUT2D eigenvalue weighted by Gasteiger charge is 2.28. The SMILES string of the molecule is NCC1CCCC1NC(=O)c1cc(=O)c2ccccc2o1. The maximum Gasteiger partial charge on any atom is 0.287 e. The number of amides is 1. The predicted octanol–water partition coefficient (Wildman–Crippen LogP) is 1.65. The number of carbonyl (C=O) groups excluding carboxylic acids is 1. The fourth-order valence-electron chi connectivity index (χ4n) is 2.96. The number of fused-ring (bicyclic) bond motifs is 1. The van der Waals surface area contributed by atoms with Gasteiger partial charge in [-0.25, -0.2) is 0 Å². The molecular formula is C16H18N2O3. The zero-order valence-electron chi connectivity index (χ0n) is 11.7. The number of hydrogen-bond acceptors (Lipinski definition) is 4. The van der Waals surface area contributed by atoms with Gasteiger partial charge in [-0.2, -0.15) is 0 Å². The molecule has 5 nitrogen and oxygen atoms in total. The Morgan fingerprint density at radius 3 is 2.95 bits per heavy atom. The van der Waals surface area contributed by atoms with Crippen LogP contribution in [0, 0.1) is 5.92 Å². The van der Waals surface area contributed by atoms with Crippen LogP contribution < -0.4 is 16.5 Å². The first-order valence-electron chi connectivity index (χ1n) is 7.23. The van der Waals surface area contributed by atoms with E-state index < -0.39 is 0 Å². The molecule has 2 atom stereocenters. The third-order valence-corrected chi connectivity index (χ3v) is 4.14. The van der Waals surface area contributed by atoms with Crippen molar-refractivity contribution < 1.29 is 9.21 Å². The van der Waals surface area contributed by atoms with E-state index in [-0.39, 0.29) is 23.1 Å². The molecule has 1 aliphatic rings. The zero-order chi connectivity index (χ0) is 14.8. The van der Waals surface area contributed by atoms with Gasteiger partial charge in [0, 0.05) is 12.1 Å². The van der Waals surface area contributed by atoms with Crippen molar-refractivity contribution in [3.05, 3.63) is 46.3 Å². The summed E-state index contributed by atoms with van der Waals surface area (Å²) in [6.45, 7) is 0.562. The molecule has 0 aliphatic heterocycles. The molecule has 1 saturated carbocycles. The summed E-state index contributed by atoms with van der Waals surface area (Å²) in [7, 11) is 0. The van der Waals surface area contributed by atoms with Crippen LogP contribution in [0.25, 0.3) is 11.0 Å². The van der Waals surface area contributed by atoms with Gasteiger partial charge in [0.15, 0.2) is 11.2 Å². The van der Waals surface area contributed by atoms with Crippen molar-refractivity contribution in [1.29, 1.82) is 0 Å². The Morgan fingerprint density at radius 2 is 2.14 bits per heavy atom. The van der Waals surface area contributed by atoms with Crippen molar-refractivity contribution in [3.8, 4) is 0 Å². The zero-order valence-corrected chi connectivity index (χ0v) is 11.7. The molecule has 110 valence electrons.